The number of fused-ring (bicyclic) bond motifs is 5. The predicted octanol–water partition coefficient (Wildman–Crippen LogP) is 4.46. The highest BCUT2D eigenvalue weighted by Gasteiger charge is 2.16. The monoisotopic (exact) mass is 241 g/mol. The summed E-state index contributed by atoms with van der Waals surface area (Å²) >= 11 is 0. The van der Waals surface area contributed by atoms with Crippen molar-refractivity contribution in [1.29, 1.82) is 5.26 Å². The topological polar surface area (TPSA) is 23.8 Å². The molecule has 4 rings (SSSR count). The van der Waals surface area contributed by atoms with E-state index in [1.54, 1.807) is 0 Å². The number of rotatable bonds is 0. The van der Waals surface area contributed by atoms with Crippen LogP contribution in [0.1, 0.15) is 11.1 Å². The first-order valence-corrected chi connectivity index (χ1v) is 6.42. The summed E-state index contributed by atoms with van der Waals surface area (Å²) < 4.78 is 0. The quantitative estimate of drug-likeness (QED) is 0.533. The van der Waals surface area contributed by atoms with Gasteiger partial charge in [-0.25, -0.2) is 0 Å². The Morgan fingerprint density at radius 3 is 2.58 bits per heavy atom. The highest BCUT2D eigenvalue weighted by atomic mass is 14.3. The van der Waals surface area contributed by atoms with Crippen LogP contribution >= 0.6 is 0 Å². The van der Waals surface area contributed by atoms with Crippen molar-refractivity contribution in [2.45, 2.75) is 6.42 Å². The lowest BCUT2D eigenvalue weighted by Crippen LogP contribution is -1.87. The molecule has 0 heterocycles. The number of nitrogens with zero attached hydrogens (tertiary/aromatic N) is 1. The van der Waals surface area contributed by atoms with Crippen LogP contribution in [0.5, 0.6) is 0 Å². The average molecular weight is 241 g/mol. The van der Waals surface area contributed by atoms with Gasteiger partial charge in [0.2, 0.25) is 0 Å². The Morgan fingerprint density at radius 1 is 0.842 bits per heavy atom. The third-order valence-corrected chi connectivity index (χ3v) is 3.96. The molecule has 1 aliphatic rings. The van der Waals surface area contributed by atoms with Gasteiger partial charge in [-0.1, -0.05) is 54.6 Å². The van der Waals surface area contributed by atoms with Gasteiger partial charge in [-0.3, -0.25) is 0 Å². The predicted molar refractivity (Wildman–Crippen MR) is 78.7 cm³/mol. The van der Waals surface area contributed by atoms with Gasteiger partial charge in [-0.15, -0.1) is 0 Å². The van der Waals surface area contributed by atoms with Crippen LogP contribution in [0.3, 0.4) is 0 Å². The molecule has 1 nitrogen and oxygen atoms in total. The first kappa shape index (κ1) is 10.3. The lowest BCUT2D eigenvalue weighted by Gasteiger charge is -2.09. The van der Waals surface area contributed by atoms with Crippen molar-refractivity contribution in [3.8, 4) is 6.07 Å². The second kappa shape index (κ2) is 3.70. The normalized spacial score (nSPS) is 13.3. The third kappa shape index (κ3) is 1.34. The molecule has 0 radical (unpaired) electrons. The highest BCUT2D eigenvalue weighted by molar-refractivity contribution is 6.10. The molecule has 0 saturated heterocycles. The molecule has 0 aliphatic heterocycles. The van der Waals surface area contributed by atoms with Gasteiger partial charge in [0.05, 0.1) is 11.6 Å². The smallest absolute Gasteiger partial charge is 0.0994 e. The number of hydrogen-bond acceptors (Lipinski definition) is 1. The maximum Gasteiger partial charge on any atom is 0.0994 e. The van der Waals surface area contributed by atoms with Crippen molar-refractivity contribution < 1.29 is 0 Å². The maximum absolute atomic E-state index is 9.14. The van der Waals surface area contributed by atoms with E-state index in [1.807, 2.05) is 6.08 Å². The molecule has 88 valence electrons. The van der Waals surface area contributed by atoms with Gasteiger partial charge in [0, 0.05) is 0 Å². The molecule has 0 fully saturated rings. The lowest BCUT2D eigenvalue weighted by molar-refractivity contribution is 1.35. The second-order valence-corrected chi connectivity index (χ2v) is 4.91. The largest absolute Gasteiger partial charge is 0.192 e. The summed E-state index contributed by atoms with van der Waals surface area (Å²) in [6.07, 6.45) is 2.90. The van der Waals surface area contributed by atoms with Crippen LogP contribution in [0, 0.1) is 11.3 Å². The Kier molecular flexibility index (Phi) is 2.01. The minimum Gasteiger partial charge on any atom is -0.192 e. The molecule has 0 saturated carbocycles. The van der Waals surface area contributed by atoms with E-state index in [4.69, 9.17) is 5.26 Å². The van der Waals surface area contributed by atoms with Crippen molar-refractivity contribution in [2.24, 2.45) is 0 Å². The first-order chi connectivity index (χ1) is 9.38. The van der Waals surface area contributed by atoms with Crippen LogP contribution in [0.2, 0.25) is 0 Å². The zero-order valence-corrected chi connectivity index (χ0v) is 10.4. The maximum atomic E-state index is 9.14. The SMILES string of the molecule is N#CC1=CCc2c1ccc1c2ccc2ccccc21. The van der Waals surface area contributed by atoms with Crippen LogP contribution in [-0.4, -0.2) is 0 Å². The summed E-state index contributed by atoms with van der Waals surface area (Å²) in [6.45, 7) is 0. The summed E-state index contributed by atoms with van der Waals surface area (Å²) in [4.78, 5) is 0. The minimum atomic E-state index is 0.810. The summed E-state index contributed by atoms with van der Waals surface area (Å²) in [5.74, 6) is 0. The number of benzene rings is 3. The van der Waals surface area contributed by atoms with E-state index in [2.05, 4.69) is 54.6 Å². The number of nitriles is 1. The van der Waals surface area contributed by atoms with Crippen molar-refractivity contribution in [3.63, 3.8) is 0 Å². The lowest BCUT2D eigenvalue weighted by atomic mass is 9.95. The van der Waals surface area contributed by atoms with Gasteiger partial charge in [-0.2, -0.15) is 5.26 Å². The van der Waals surface area contributed by atoms with Gasteiger partial charge < -0.3 is 0 Å². The third-order valence-electron chi connectivity index (χ3n) is 3.96. The molecule has 0 unspecified atom stereocenters. The van der Waals surface area contributed by atoms with Crippen LogP contribution in [-0.2, 0) is 6.42 Å². The van der Waals surface area contributed by atoms with Gasteiger partial charge in [-0.05, 0) is 39.1 Å². The van der Waals surface area contributed by atoms with E-state index in [9.17, 15) is 0 Å². The van der Waals surface area contributed by atoms with Crippen molar-refractivity contribution in [3.05, 3.63) is 65.7 Å². The fourth-order valence-corrected chi connectivity index (χ4v) is 3.04. The molecule has 0 amide bonds. The Labute approximate surface area is 111 Å². The van der Waals surface area contributed by atoms with E-state index in [0.717, 1.165) is 17.6 Å². The van der Waals surface area contributed by atoms with Crippen molar-refractivity contribution in [1.82, 2.24) is 0 Å². The fraction of sp³-hybridized carbons (Fsp3) is 0.0556. The van der Waals surface area contributed by atoms with E-state index < -0.39 is 0 Å². The van der Waals surface area contributed by atoms with Crippen LogP contribution in [0.4, 0.5) is 0 Å². The number of hydrogen-bond donors (Lipinski definition) is 0. The Morgan fingerprint density at radius 2 is 1.68 bits per heavy atom. The minimum absolute atomic E-state index is 0.810. The highest BCUT2D eigenvalue weighted by Crippen LogP contribution is 2.35. The molecule has 0 spiro atoms. The zero-order valence-electron chi connectivity index (χ0n) is 10.4. The molecule has 3 aromatic carbocycles. The zero-order chi connectivity index (χ0) is 12.8. The Bertz CT molecular complexity index is 895. The van der Waals surface area contributed by atoms with Crippen LogP contribution in [0.15, 0.2) is 54.6 Å². The van der Waals surface area contributed by atoms with E-state index >= 15 is 0 Å². The average Bonchev–Trinajstić information content (AvgIpc) is 2.90. The molecule has 0 bridgehead atoms. The van der Waals surface area contributed by atoms with Gasteiger partial charge >= 0.3 is 0 Å². The van der Waals surface area contributed by atoms with Crippen molar-refractivity contribution in [2.75, 3.05) is 0 Å². The summed E-state index contributed by atoms with van der Waals surface area (Å²) in [7, 11) is 0. The molecular formula is C18H11N. The summed E-state index contributed by atoms with van der Waals surface area (Å²) in [5.41, 5.74) is 3.20. The van der Waals surface area contributed by atoms with E-state index in [-0.39, 0.29) is 0 Å². The second-order valence-electron chi connectivity index (χ2n) is 4.91. The number of allylic oxidation sites excluding steroid dienone is 2. The summed E-state index contributed by atoms with van der Waals surface area (Å²) in [6, 6.07) is 19.3. The van der Waals surface area contributed by atoms with Gasteiger partial charge in [0.1, 0.15) is 0 Å². The summed E-state index contributed by atoms with van der Waals surface area (Å²) in [5, 5.41) is 14.2. The van der Waals surface area contributed by atoms with E-state index in [1.165, 1.54) is 27.1 Å². The van der Waals surface area contributed by atoms with Crippen LogP contribution < -0.4 is 0 Å². The molecule has 1 aliphatic carbocycles. The van der Waals surface area contributed by atoms with Gasteiger partial charge in [0.15, 0.2) is 0 Å². The van der Waals surface area contributed by atoms with Crippen LogP contribution in [0.25, 0.3) is 27.1 Å². The molecule has 3 aromatic rings. The molecular weight excluding hydrogens is 230 g/mol. The first-order valence-electron chi connectivity index (χ1n) is 6.42. The standard InChI is InChI=1S/C18H11N/c19-11-13-6-8-16-15(13)9-10-17-14-4-2-1-3-12(14)5-7-18(16)17/h1-7,9-10H,8H2. The molecule has 0 aromatic heterocycles. The molecule has 19 heavy (non-hydrogen) atoms. The molecule has 0 N–H and O–H groups in total. The molecule has 1 heteroatoms. The molecule has 0 atom stereocenters. The van der Waals surface area contributed by atoms with Crippen molar-refractivity contribution >= 4 is 27.1 Å². The van der Waals surface area contributed by atoms with Gasteiger partial charge in [0.25, 0.3) is 0 Å². The Balaban J connectivity index is 2.14. The van der Waals surface area contributed by atoms with E-state index in [0.29, 0.717) is 0 Å². The fourth-order valence-electron chi connectivity index (χ4n) is 3.04. The Hall–Kier alpha value is -2.59.